The van der Waals surface area contributed by atoms with Crippen LogP contribution < -0.4 is 0 Å². The maximum atomic E-state index is 4.75. The molecule has 1 nitrogen and oxygen atoms in total. The number of rotatable bonds is 0. The van der Waals surface area contributed by atoms with Crippen LogP contribution in [0.4, 0.5) is 0 Å². The van der Waals surface area contributed by atoms with Gasteiger partial charge in [0, 0.05) is 22.6 Å². The smallest absolute Gasteiger partial charge is 0.0786 e. The van der Waals surface area contributed by atoms with Gasteiger partial charge < -0.3 is 0 Å². The van der Waals surface area contributed by atoms with E-state index in [1.54, 1.807) is 0 Å². The summed E-state index contributed by atoms with van der Waals surface area (Å²) in [7, 11) is 0. The van der Waals surface area contributed by atoms with Gasteiger partial charge in [0.25, 0.3) is 0 Å². The fourth-order valence-corrected chi connectivity index (χ4v) is 4.24. The molecule has 0 bridgehead atoms. The minimum absolute atomic E-state index is 0.0360. The second kappa shape index (κ2) is 4.20. The Morgan fingerprint density at radius 2 is 1.61 bits per heavy atom. The van der Waals surface area contributed by atoms with Gasteiger partial charge in [0.05, 0.1) is 5.69 Å². The molecule has 1 aromatic heterocycles. The van der Waals surface area contributed by atoms with Crippen molar-refractivity contribution in [3.8, 4) is 11.3 Å². The van der Waals surface area contributed by atoms with E-state index in [1.807, 2.05) is 6.20 Å². The second-order valence-electron chi connectivity index (χ2n) is 6.90. The number of aromatic nitrogens is 1. The molecule has 0 unspecified atom stereocenters. The van der Waals surface area contributed by atoms with Crippen molar-refractivity contribution < 1.29 is 0 Å². The zero-order valence-corrected chi connectivity index (χ0v) is 13.3. The van der Waals surface area contributed by atoms with E-state index in [9.17, 15) is 0 Å². The Bertz CT molecular complexity index is 1090. The van der Waals surface area contributed by atoms with Crippen LogP contribution in [0.15, 0.2) is 66.9 Å². The molecule has 1 heteroatoms. The van der Waals surface area contributed by atoms with Gasteiger partial charge in [-0.15, -0.1) is 0 Å². The normalized spacial score (nSPS) is 14.9. The first-order valence-corrected chi connectivity index (χ1v) is 8.09. The number of benzene rings is 3. The molecule has 0 atom stereocenters. The first-order chi connectivity index (χ1) is 11.2. The zero-order chi connectivity index (χ0) is 15.6. The van der Waals surface area contributed by atoms with E-state index in [0.717, 1.165) is 5.69 Å². The van der Waals surface area contributed by atoms with Gasteiger partial charge in [0.1, 0.15) is 0 Å². The Hall–Kier alpha value is -2.67. The van der Waals surface area contributed by atoms with Crippen LogP contribution in [-0.4, -0.2) is 4.98 Å². The van der Waals surface area contributed by atoms with Crippen molar-refractivity contribution in [2.75, 3.05) is 0 Å². The monoisotopic (exact) mass is 295 g/mol. The molecule has 0 amide bonds. The summed E-state index contributed by atoms with van der Waals surface area (Å²) < 4.78 is 0. The number of hydrogen-bond acceptors (Lipinski definition) is 1. The summed E-state index contributed by atoms with van der Waals surface area (Å²) in [4.78, 5) is 4.75. The van der Waals surface area contributed by atoms with Gasteiger partial charge in [-0.05, 0) is 39.4 Å². The Morgan fingerprint density at radius 1 is 0.826 bits per heavy atom. The number of fused-ring (bicyclic) bond motifs is 4. The summed E-state index contributed by atoms with van der Waals surface area (Å²) in [6, 6.07) is 21.8. The SMILES string of the molecule is CC1(C)c2ccccc2-c2nccc3cc4ccccc4c1c23. The van der Waals surface area contributed by atoms with Crippen LogP contribution in [0.3, 0.4) is 0 Å². The molecule has 0 radical (unpaired) electrons. The van der Waals surface area contributed by atoms with Crippen LogP contribution in [0.1, 0.15) is 25.0 Å². The highest BCUT2D eigenvalue weighted by Crippen LogP contribution is 2.50. The Balaban J connectivity index is 2.12. The van der Waals surface area contributed by atoms with Crippen LogP contribution in [0, 0.1) is 0 Å². The zero-order valence-electron chi connectivity index (χ0n) is 13.3. The third-order valence-corrected chi connectivity index (χ3v) is 5.25. The third kappa shape index (κ3) is 1.54. The highest BCUT2D eigenvalue weighted by Gasteiger charge is 2.35. The number of hydrogen-bond donors (Lipinski definition) is 0. The standard InChI is InChI=1S/C22H17N/c1-22(2)18-10-6-5-9-17(18)21-19-15(11-12-23-21)13-14-7-3-4-8-16(14)20(19)22/h3-13H,1-2H3. The van der Waals surface area contributed by atoms with Gasteiger partial charge in [-0.1, -0.05) is 62.4 Å². The van der Waals surface area contributed by atoms with Crippen LogP contribution >= 0.6 is 0 Å². The molecule has 1 heterocycles. The highest BCUT2D eigenvalue weighted by atomic mass is 14.7. The highest BCUT2D eigenvalue weighted by molar-refractivity contribution is 6.10. The Kier molecular flexibility index (Phi) is 2.34. The van der Waals surface area contributed by atoms with Crippen molar-refractivity contribution in [3.05, 3.63) is 78.0 Å². The maximum Gasteiger partial charge on any atom is 0.0786 e. The van der Waals surface area contributed by atoms with Gasteiger partial charge in [0.2, 0.25) is 0 Å². The predicted octanol–water partition coefficient (Wildman–Crippen LogP) is 5.69. The lowest BCUT2D eigenvalue weighted by Gasteiger charge is -2.35. The fraction of sp³-hybridized carbons (Fsp3) is 0.136. The van der Waals surface area contributed by atoms with E-state index < -0.39 is 0 Å². The predicted molar refractivity (Wildman–Crippen MR) is 96.8 cm³/mol. The van der Waals surface area contributed by atoms with Gasteiger partial charge in [-0.3, -0.25) is 4.98 Å². The van der Waals surface area contributed by atoms with Gasteiger partial charge in [-0.25, -0.2) is 0 Å². The van der Waals surface area contributed by atoms with E-state index >= 15 is 0 Å². The third-order valence-electron chi connectivity index (χ3n) is 5.25. The van der Waals surface area contributed by atoms with E-state index in [4.69, 9.17) is 4.98 Å². The Morgan fingerprint density at radius 3 is 2.52 bits per heavy atom. The molecular weight excluding hydrogens is 278 g/mol. The lowest BCUT2D eigenvalue weighted by molar-refractivity contribution is 0.650. The van der Waals surface area contributed by atoms with Crippen LogP contribution in [0.25, 0.3) is 32.8 Å². The molecule has 3 aromatic carbocycles. The molecular formula is C22H17N. The molecule has 0 aliphatic heterocycles. The van der Waals surface area contributed by atoms with Crippen LogP contribution in [-0.2, 0) is 5.41 Å². The summed E-state index contributed by atoms with van der Waals surface area (Å²) in [5, 5.41) is 5.24. The van der Waals surface area contributed by atoms with E-state index in [2.05, 4.69) is 74.5 Å². The molecule has 1 aliphatic carbocycles. The summed E-state index contributed by atoms with van der Waals surface area (Å²) in [5.74, 6) is 0. The van der Waals surface area contributed by atoms with Crippen molar-refractivity contribution in [3.63, 3.8) is 0 Å². The van der Waals surface area contributed by atoms with Crippen molar-refractivity contribution >= 4 is 21.5 Å². The van der Waals surface area contributed by atoms with Crippen molar-refractivity contribution in [2.45, 2.75) is 19.3 Å². The number of pyridine rings is 1. The van der Waals surface area contributed by atoms with E-state index in [1.165, 1.54) is 38.2 Å². The lowest BCUT2D eigenvalue weighted by atomic mass is 9.68. The average Bonchev–Trinajstić information content (AvgIpc) is 2.58. The maximum absolute atomic E-state index is 4.75. The minimum atomic E-state index is -0.0360. The van der Waals surface area contributed by atoms with E-state index in [-0.39, 0.29) is 5.41 Å². The van der Waals surface area contributed by atoms with Gasteiger partial charge in [-0.2, -0.15) is 0 Å². The van der Waals surface area contributed by atoms with Crippen LogP contribution in [0.5, 0.6) is 0 Å². The fourth-order valence-electron chi connectivity index (χ4n) is 4.24. The van der Waals surface area contributed by atoms with E-state index in [0.29, 0.717) is 0 Å². The van der Waals surface area contributed by atoms with Crippen molar-refractivity contribution in [1.82, 2.24) is 4.98 Å². The Labute approximate surface area is 135 Å². The molecule has 0 fully saturated rings. The first kappa shape index (κ1) is 12.8. The molecule has 1 aliphatic rings. The molecule has 0 N–H and O–H groups in total. The molecule has 0 saturated carbocycles. The summed E-state index contributed by atoms with van der Waals surface area (Å²) in [5.41, 5.74) is 5.13. The molecule has 23 heavy (non-hydrogen) atoms. The molecule has 0 spiro atoms. The summed E-state index contributed by atoms with van der Waals surface area (Å²) in [6.07, 6.45) is 1.94. The van der Waals surface area contributed by atoms with Gasteiger partial charge >= 0.3 is 0 Å². The van der Waals surface area contributed by atoms with Gasteiger partial charge in [0.15, 0.2) is 0 Å². The summed E-state index contributed by atoms with van der Waals surface area (Å²) >= 11 is 0. The topological polar surface area (TPSA) is 12.9 Å². The minimum Gasteiger partial charge on any atom is -0.256 e. The average molecular weight is 295 g/mol. The molecule has 0 saturated heterocycles. The van der Waals surface area contributed by atoms with Crippen LogP contribution in [0.2, 0.25) is 0 Å². The summed E-state index contributed by atoms with van der Waals surface area (Å²) in [6.45, 7) is 4.67. The molecule has 4 aromatic rings. The first-order valence-electron chi connectivity index (χ1n) is 8.09. The second-order valence-corrected chi connectivity index (χ2v) is 6.90. The largest absolute Gasteiger partial charge is 0.256 e. The lowest BCUT2D eigenvalue weighted by Crippen LogP contribution is -2.24. The molecule has 110 valence electrons. The molecule has 5 rings (SSSR count). The van der Waals surface area contributed by atoms with Crippen molar-refractivity contribution in [2.24, 2.45) is 0 Å². The number of nitrogens with zero attached hydrogens (tertiary/aromatic N) is 1. The van der Waals surface area contributed by atoms with Crippen molar-refractivity contribution in [1.29, 1.82) is 0 Å². The quantitative estimate of drug-likeness (QED) is 0.379.